The first-order valence-electron chi connectivity index (χ1n) is 6.96. The van der Waals surface area contributed by atoms with Gasteiger partial charge in [0.15, 0.2) is 0 Å². The van der Waals surface area contributed by atoms with Crippen LogP contribution in [0.25, 0.3) is 0 Å². The van der Waals surface area contributed by atoms with Gasteiger partial charge >= 0.3 is 0 Å². The molecule has 0 aliphatic heterocycles. The van der Waals surface area contributed by atoms with Crippen LogP contribution in [0.4, 0.5) is 0 Å². The third-order valence-corrected chi connectivity index (χ3v) is 3.90. The Morgan fingerprint density at radius 3 is 2.43 bits per heavy atom. The highest BCUT2D eigenvalue weighted by Crippen LogP contribution is 2.20. The van der Waals surface area contributed by atoms with Crippen LogP contribution in [-0.2, 0) is 12.8 Å². The maximum Gasteiger partial charge on any atom is 0.118 e. The minimum Gasteiger partial charge on any atom is -0.497 e. The third-order valence-electron chi connectivity index (χ3n) is 3.55. The number of hydrogen-bond acceptors (Lipinski definition) is 3. The highest BCUT2D eigenvalue weighted by Gasteiger charge is 2.11. The Morgan fingerprint density at radius 2 is 1.86 bits per heavy atom. The Bertz CT molecular complexity index is 584. The lowest BCUT2D eigenvalue weighted by atomic mass is 9.99. The largest absolute Gasteiger partial charge is 0.497 e. The third kappa shape index (κ3) is 4.46. The molecule has 21 heavy (non-hydrogen) atoms. The number of aryl methyl sites for hydroxylation is 1. The molecular weight excluding hydrogens is 284 g/mol. The van der Waals surface area contributed by atoms with Crippen LogP contribution in [-0.4, -0.2) is 13.2 Å². The van der Waals surface area contributed by atoms with Crippen LogP contribution in [0, 0.1) is 6.92 Å². The number of methoxy groups -OCH3 is 1. The van der Waals surface area contributed by atoms with Crippen LogP contribution in [0.3, 0.4) is 0 Å². The number of ether oxygens (including phenoxy) is 1. The Kier molecular flexibility index (Phi) is 5.62. The van der Waals surface area contributed by atoms with E-state index in [1.165, 1.54) is 5.56 Å². The van der Waals surface area contributed by atoms with Crippen molar-refractivity contribution in [2.45, 2.75) is 25.8 Å². The summed E-state index contributed by atoms with van der Waals surface area (Å²) in [6.07, 6.45) is 1.63. The Balaban J connectivity index is 2.05. The molecule has 0 aliphatic carbocycles. The Hall–Kier alpha value is -1.55. The molecular formula is C17H21ClN2O. The molecule has 0 heterocycles. The number of rotatable bonds is 6. The normalized spacial score (nSPS) is 12.2. The van der Waals surface area contributed by atoms with Crippen LogP contribution in [0.5, 0.6) is 5.75 Å². The topological polar surface area (TPSA) is 47.3 Å². The lowest BCUT2D eigenvalue weighted by molar-refractivity contribution is 0.414. The molecule has 1 atom stereocenters. The first kappa shape index (κ1) is 15.8. The lowest BCUT2D eigenvalue weighted by Gasteiger charge is -2.17. The van der Waals surface area contributed by atoms with E-state index in [2.05, 4.69) is 29.7 Å². The molecule has 2 aromatic rings. The van der Waals surface area contributed by atoms with Gasteiger partial charge in [-0.15, -0.1) is 0 Å². The molecule has 0 saturated heterocycles. The molecule has 4 heteroatoms. The summed E-state index contributed by atoms with van der Waals surface area (Å²) in [5, 5.41) is 0.796. The average Bonchev–Trinajstić information content (AvgIpc) is 2.49. The molecule has 0 spiro atoms. The van der Waals surface area contributed by atoms with E-state index in [4.69, 9.17) is 22.2 Å². The van der Waals surface area contributed by atoms with E-state index in [1.807, 2.05) is 25.1 Å². The summed E-state index contributed by atoms with van der Waals surface area (Å²) >= 11 is 6.29. The zero-order valence-electron chi connectivity index (χ0n) is 12.4. The summed E-state index contributed by atoms with van der Waals surface area (Å²) in [5.74, 6) is 6.55. The molecule has 0 amide bonds. The van der Waals surface area contributed by atoms with Gasteiger partial charge in [0.1, 0.15) is 5.75 Å². The SMILES string of the molecule is COc1ccc(CC(Cc2ccc(C)cc2Cl)NN)cc1. The summed E-state index contributed by atoms with van der Waals surface area (Å²) in [6, 6.07) is 14.3. The van der Waals surface area contributed by atoms with E-state index in [0.717, 1.165) is 34.7 Å². The van der Waals surface area contributed by atoms with Gasteiger partial charge < -0.3 is 4.74 Å². The summed E-state index contributed by atoms with van der Waals surface area (Å²) in [4.78, 5) is 0. The summed E-state index contributed by atoms with van der Waals surface area (Å²) < 4.78 is 5.17. The first-order valence-corrected chi connectivity index (χ1v) is 7.34. The minimum atomic E-state index is 0.138. The van der Waals surface area contributed by atoms with Crippen LogP contribution in [0.15, 0.2) is 42.5 Å². The quantitative estimate of drug-likeness (QED) is 0.636. The van der Waals surface area contributed by atoms with Crippen molar-refractivity contribution >= 4 is 11.6 Å². The fourth-order valence-electron chi connectivity index (χ4n) is 2.32. The summed E-state index contributed by atoms with van der Waals surface area (Å²) in [5.41, 5.74) is 6.36. The number of hydrazine groups is 1. The Labute approximate surface area is 131 Å². The molecule has 112 valence electrons. The summed E-state index contributed by atoms with van der Waals surface area (Å²) in [7, 11) is 1.67. The molecule has 2 aromatic carbocycles. The molecule has 0 aliphatic rings. The molecule has 3 nitrogen and oxygen atoms in total. The van der Waals surface area contributed by atoms with E-state index >= 15 is 0 Å². The molecule has 3 N–H and O–H groups in total. The van der Waals surface area contributed by atoms with E-state index in [9.17, 15) is 0 Å². The van der Waals surface area contributed by atoms with Gasteiger partial charge in [-0.1, -0.05) is 35.9 Å². The van der Waals surface area contributed by atoms with Crippen molar-refractivity contribution in [1.29, 1.82) is 0 Å². The second kappa shape index (κ2) is 7.46. The number of benzene rings is 2. The van der Waals surface area contributed by atoms with E-state index in [0.29, 0.717) is 0 Å². The highest BCUT2D eigenvalue weighted by atomic mass is 35.5. The number of hydrogen-bond donors (Lipinski definition) is 2. The van der Waals surface area contributed by atoms with E-state index < -0.39 is 0 Å². The lowest BCUT2D eigenvalue weighted by Crippen LogP contribution is -2.38. The van der Waals surface area contributed by atoms with Crippen LogP contribution in [0.2, 0.25) is 5.02 Å². The van der Waals surface area contributed by atoms with Crippen molar-refractivity contribution in [3.05, 3.63) is 64.2 Å². The van der Waals surface area contributed by atoms with Gasteiger partial charge in [-0.05, 0) is 54.7 Å². The molecule has 0 saturated carbocycles. The van der Waals surface area contributed by atoms with Gasteiger partial charge in [0, 0.05) is 11.1 Å². The van der Waals surface area contributed by atoms with Crippen molar-refractivity contribution < 1.29 is 4.74 Å². The van der Waals surface area contributed by atoms with Crippen molar-refractivity contribution in [3.8, 4) is 5.75 Å². The molecule has 0 bridgehead atoms. The first-order chi connectivity index (χ1) is 10.1. The molecule has 1 unspecified atom stereocenters. The Morgan fingerprint density at radius 1 is 1.14 bits per heavy atom. The maximum absolute atomic E-state index is 6.29. The van der Waals surface area contributed by atoms with E-state index in [1.54, 1.807) is 7.11 Å². The van der Waals surface area contributed by atoms with Gasteiger partial charge in [-0.2, -0.15) is 0 Å². The number of halogens is 1. The predicted molar refractivity (Wildman–Crippen MR) is 87.7 cm³/mol. The van der Waals surface area contributed by atoms with Crippen molar-refractivity contribution in [2.24, 2.45) is 5.84 Å². The van der Waals surface area contributed by atoms with Crippen molar-refractivity contribution in [1.82, 2.24) is 5.43 Å². The zero-order valence-corrected chi connectivity index (χ0v) is 13.2. The standard InChI is InChI=1S/C17H21ClN2O/c1-12-3-6-14(17(18)9-12)11-15(20-19)10-13-4-7-16(21-2)8-5-13/h3-9,15,20H,10-11,19H2,1-2H3. The smallest absolute Gasteiger partial charge is 0.118 e. The molecule has 0 fully saturated rings. The van der Waals surface area contributed by atoms with Crippen molar-refractivity contribution in [2.75, 3.05) is 7.11 Å². The van der Waals surface area contributed by atoms with Gasteiger partial charge in [-0.25, -0.2) is 0 Å². The van der Waals surface area contributed by atoms with Crippen LogP contribution in [0.1, 0.15) is 16.7 Å². The maximum atomic E-state index is 6.29. The van der Waals surface area contributed by atoms with Gasteiger partial charge in [0.25, 0.3) is 0 Å². The minimum absolute atomic E-state index is 0.138. The second-order valence-electron chi connectivity index (χ2n) is 5.21. The molecule has 0 aromatic heterocycles. The predicted octanol–water partition coefficient (Wildman–Crippen LogP) is 3.27. The van der Waals surface area contributed by atoms with Gasteiger partial charge in [-0.3, -0.25) is 11.3 Å². The average molecular weight is 305 g/mol. The monoisotopic (exact) mass is 304 g/mol. The van der Waals surface area contributed by atoms with Crippen molar-refractivity contribution in [3.63, 3.8) is 0 Å². The number of nitrogens with one attached hydrogen (secondary N) is 1. The fourth-order valence-corrected chi connectivity index (χ4v) is 2.63. The van der Waals surface area contributed by atoms with Crippen LogP contribution < -0.4 is 16.0 Å². The van der Waals surface area contributed by atoms with E-state index in [-0.39, 0.29) is 6.04 Å². The number of nitrogens with two attached hydrogens (primary N) is 1. The highest BCUT2D eigenvalue weighted by molar-refractivity contribution is 6.31. The van der Waals surface area contributed by atoms with Crippen LogP contribution >= 0.6 is 11.6 Å². The van der Waals surface area contributed by atoms with Gasteiger partial charge in [0.05, 0.1) is 7.11 Å². The fraction of sp³-hybridized carbons (Fsp3) is 0.294. The molecule has 0 radical (unpaired) electrons. The molecule has 2 rings (SSSR count). The van der Waals surface area contributed by atoms with Gasteiger partial charge in [0.2, 0.25) is 0 Å². The summed E-state index contributed by atoms with van der Waals surface area (Å²) in [6.45, 7) is 2.03. The zero-order chi connectivity index (χ0) is 15.2. The second-order valence-corrected chi connectivity index (χ2v) is 5.62.